The number of carbonyl (C=O) groups excluding carboxylic acids is 3. The number of carbonyl (C=O) groups is 3. The van der Waals surface area contributed by atoms with E-state index in [1.807, 2.05) is 6.07 Å². The summed E-state index contributed by atoms with van der Waals surface area (Å²) in [6, 6.07) is 8.51. The van der Waals surface area contributed by atoms with Gasteiger partial charge >= 0.3 is 5.97 Å². The quantitative estimate of drug-likeness (QED) is 0.746. The van der Waals surface area contributed by atoms with Crippen LogP contribution in [0.1, 0.15) is 10.4 Å². The first-order chi connectivity index (χ1) is 11.1. The number of hydrogen-bond donors (Lipinski definition) is 2. The van der Waals surface area contributed by atoms with E-state index in [1.165, 1.54) is 18.6 Å². The molecule has 2 amide bonds. The van der Waals surface area contributed by atoms with Gasteiger partial charge in [-0.1, -0.05) is 12.1 Å². The van der Waals surface area contributed by atoms with Crippen LogP contribution in [0.25, 0.3) is 0 Å². The highest BCUT2D eigenvalue weighted by Gasteiger charge is 2.12. The number of para-hydroxylation sites is 1. The van der Waals surface area contributed by atoms with Crippen molar-refractivity contribution in [1.29, 1.82) is 0 Å². The summed E-state index contributed by atoms with van der Waals surface area (Å²) in [4.78, 5) is 34.7. The molecule has 1 heterocycles. The lowest BCUT2D eigenvalue weighted by molar-refractivity contribution is -0.126. The van der Waals surface area contributed by atoms with Crippen LogP contribution in [-0.2, 0) is 14.3 Å². The molecule has 8 heteroatoms. The minimum atomic E-state index is -0.674. The van der Waals surface area contributed by atoms with E-state index in [2.05, 4.69) is 26.6 Å². The molecular weight excluding hydrogens is 368 g/mol. The molecule has 0 aliphatic heterocycles. The van der Waals surface area contributed by atoms with Gasteiger partial charge < -0.3 is 19.8 Å². The molecule has 0 aliphatic carbocycles. The Balaban J connectivity index is 1.71. The lowest BCUT2D eigenvalue weighted by Gasteiger charge is -2.08. The first kappa shape index (κ1) is 16.8. The normalized spacial score (nSPS) is 9.96. The molecule has 0 atom stereocenters. The van der Waals surface area contributed by atoms with E-state index in [0.29, 0.717) is 5.69 Å². The molecule has 0 aliphatic rings. The third kappa shape index (κ3) is 5.26. The SMILES string of the molecule is O=C(COC(=O)c1ccoc1)NCC(=O)Nc1ccccc1Br. The molecule has 0 spiro atoms. The van der Waals surface area contributed by atoms with Crippen LogP contribution in [0.15, 0.2) is 51.7 Å². The van der Waals surface area contributed by atoms with E-state index in [4.69, 9.17) is 9.15 Å². The first-order valence-corrected chi connectivity index (χ1v) is 7.36. The maximum absolute atomic E-state index is 11.7. The minimum Gasteiger partial charge on any atom is -0.472 e. The van der Waals surface area contributed by atoms with Gasteiger partial charge in [0.1, 0.15) is 6.26 Å². The van der Waals surface area contributed by atoms with Gasteiger partial charge in [-0.3, -0.25) is 9.59 Å². The summed E-state index contributed by atoms with van der Waals surface area (Å²) in [6.07, 6.45) is 2.54. The van der Waals surface area contributed by atoms with Crippen LogP contribution in [0.3, 0.4) is 0 Å². The summed E-state index contributed by atoms with van der Waals surface area (Å²) < 4.78 is 10.2. The summed E-state index contributed by atoms with van der Waals surface area (Å²) in [5, 5.41) is 4.99. The second-order valence-electron chi connectivity index (χ2n) is 4.39. The molecule has 0 fully saturated rings. The van der Waals surface area contributed by atoms with E-state index in [9.17, 15) is 14.4 Å². The Hall–Kier alpha value is -2.61. The molecule has 2 rings (SSSR count). The van der Waals surface area contributed by atoms with Crippen molar-refractivity contribution >= 4 is 39.4 Å². The second kappa shape index (κ2) is 8.14. The fourth-order valence-corrected chi connectivity index (χ4v) is 1.97. The van der Waals surface area contributed by atoms with E-state index >= 15 is 0 Å². The van der Waals surface area contributed by atoms with Crippen molar-refractivity contribution in [3.63, 3.8) is 0 Å². The average Bonchev–Trinajstić information content (AvgIpc) is 3.07. The van der Waals surface area contributed by atoms with Crippen LogP contribution in [0.5, 0.6) is 0 Å². The number of hydrogen-bond acceptors (Lipinski definition) is 5. The van der Waals surface area contributed by atoms with Crippen LogP contribution in [0.2, 0.25) is 0 Å². The number of ether oxygens (including phenoxy) is 1. The Labute approximate surface area is 140 Å². The number of rotatable bonds is 6. The van der Waals surface area contributed by atoms with Crippen molar-refractivity contribution in [2.75, 3.05) is 18.5 Å². The highest BCUT2D eigenvalue weighted by atomic mass is 79.9. The maximum Gasteiger partial charge on any atom is 0.341 e. The van der Waals surface area contributed by atoms with E-state index in [0.717, 1.165) is 4.47 Å². The Morgan fingerprint density at radius 3 is 2.61 bits per heavy atom. The molecule has 0 saturated heterocycles. The zero-order valence-corrected chi connectivity index (χ0v) is 13.5. The Morgan fingerprint density at radius 2 is 1.91 bits per heavy atom. The van der Waals surface area contributed by atoms with Crippen molar-refractivity contribution in [2.45, 2.75) is 0 Å². The molecule has 120 valence electrons. The van der Waals surface area contributed by atoms with Gasteiger partial charge in [-0.15, -0.1) is 0 Å². The Kier molecular flexibility index (Phi) is 5.93. The topological polar surface area (TPSA) is 97.6 Å². The smallest absolute Gasteiger partial charge is 0.341 e. The van der Waals surface area contributed by atoms with Crippen molar-refractivity contribution in [3.8, 4) is 0 Å². The fraction of sp³-hybridized carbons (Fsp3) is 0.133. The Morgan fingerprint density at radius 1 is 1.13 bits per heavy atom. The van der Waals surface area contributed by atoms with Crippen molar-refractivity contribution in [3.05, 3.63) is 52.9 Å². The standard InChI is InChI=1S/C15H13BrN2O5/c16-11-3-1-2-4-12(11)18-13(19)7-17-14(20)9-23-15(21)10-5-6-22-8-10/h1-6,8H,7,9H2,(H,17,20)(H,18,19). The van der Waals surface area contributed by atoms with Crippen LogP contribution >= 0.6 is 15.9 Å². The number of anilines is 1. The number of halogens is 1. The second-order valence-corrected chi connectivity index (χ2v) is 5.25. The first-order valence-electron chi connectivity index (χ1n) is 6.56. The number of furan rings is 1. The summed E-state index contributed by atoms with van der Waals surface area (Å²) in [5.41, 5.74) is 0.808. The van der Waals surface area contributed by atoms with Gasteiger partial charge in [-0.05, 0) is 34.1 Å². The fourth-order valence-electron chi connectivity index (χ4n) is 1.58. The van der Waals surface area contributed by atoms with Crippen LogP contribution in [0, 0.1) is 0 Å². The number of nitrogens with one attached hydrogen (secondary N) is 2. The molecule has 0 unspecified atom stereocenters. The molecule has 0 radical (unpaired) electrons. The molecule has 0 saturated carbocycles. The summed E-state index contributed by atoms with van der Waals surface area (Å²) in [7, 11) is 0. The molecule has 2 N–H and O–H groups in total. The van der Waals surface area contributed by atoms with Gasteiger partial charge in [-0.2, -0.15) is 0 Å². The summed E-state index contributed by atoms with van der Waals surface area (Å²) in [6.45, 7) is -0.713. The monoisotopic (exact) mass is 380 g/mol. The zero-order valence-electron chi connectivity index (χ0n) is 11.9. The highest BCUT2D eigenvalue weighted by molar-refractivity contribution is 9.10. The maximum atomic E-state index is 11.7. The molecule has 7 nitrogen and oxygen atoms in total. The summed E-state index contributed by atoms with van der Waals surface area (Å²) in [5.74, 6) is -1.65. The molecule has 1 aromatic heterocycles. The lowest BCUT2D eigenvalue weighted by Crippen LogP contribution is -2.35. The number of esters is 1. The molecule has 0 bridgehead atoms. The van der Waals surface area contributed by atoms with Gasteiger partial charge in [0.25, 0.3) is 5.91 Å². The lowest BCUT2D eigenvalue weighted by atomic mass is 10.3. The zero-order chi connectivity index (χ0) is 16.7. The van der Waals surface area contributed by atoms with Gasteiger partial charge in [0.2, 0.25) is 5.91 Å². The van der Waals surface area contributed by atoms with Gasteiger partial charge in [0, 0.05) is 4.47 Å². The predicted octanol–water partition coefficient (Wildman–Crippen LogP) is 1.95. The number of amides is 2. The summed E-state index contributed by atoms with van der Waals surface area (Å²) >= 11 is 3.30. The minimum absolute atomic E-state index is 0.212. The Bertz CT molecular complexity index is 700. The van der Waals surface area contributed by atoms with Crippen LogP contribution < -0.4 is 10.6 Å². The van der Waals surface area contributed by atoms with Crippen molar-refractivity contribution < 1.29 is 23.5 Å². The number of benzene rings is 1. The largest absolute Gasteiger partial charge is 0.472 e. The van der Waals surface area contributed by atoms with Gasteiger partial charge in [0.05, 0.1) is 24.1 Å². The van der Waals surface area contributed by atoms with E-state index in [-0.39, 0.29) is 12.1 Å². The van der Waals surface area contributed by atoms with E-state index < -0.39 is 24.4 Å². The van der Waals surface area contributed by atoms with Crippen LogP contribution in [0.4, 0.5) is 5.69 Å². The molecule has 2 aromatic rings. The molecule has 23 heavy (non-hydrogen) atoms. The van der Waals surface area contributed by atoms with Gasteiger partial charge in [-0.25, -0.2) is 4.79 Å². The third-order valence-corrected chi connectivity index (χ3v) is 3.38. The predicted molar refractivity (Wildman–Crippen MR) is 84.8 cm³/mol. The average molecular weight is 381 g/mol. The highest BCUT2D eigenvalue weighted by Crippen LogP contribution is 2.20. The van der Waals surface area contributed by atoms with Crippen LogP contribution in [-0.4, -0.2) is 30.9 Å². The van der Waals surface area contributed by atoms with Crippen molar-refractivity contribution in [2.24, 2.45) is 0 Å². The van der Waals surface area contributed by atoms with E-state index in [1.54, 1.807) is 18.2 Å². The van der Waals surface area contributed by atoms with Crippen molar-refractivity contribution in [1.82, 2.24) is 5.32 Å². The van der Waals surface area contributed by atoms with Gasteiger partial charge in [0.15, 0.2) is 6.61 Å². The molecule has 1 aromatic carbocycles. The molecular formula is C15H13BrN2O5. The third-order valence-electron chi connectivity index (χ3n) is 2.69.